The topological polar surface area (TPSA) is 29.4 Å². The van der Waals surface area contributed by atoms with Crippen LogP contribution < -0.4 is 0 Å². The highest BCUT2D eigenvalue weighted by atomic mass is 16.1. The Kier molecular flexibility index (Phi) is 2.45. The Bertz CT molecular complexity index is 412. The molecule has 0 amide bonds. The van der Waals surface area contributed by atoms with Crippen LogP contribution in [0.1, 0.15) is 43.7 Å². The number of benzene rings is 1. The van der Waals surface area contributed by atoms with Gasteiger partial charge in [-0.05, 0) is 43.7 Å². The molecule has 1 fully saturated rings. The maximum absolute atomic E-state index is 10.4. The van der Waals surface area contributed by atoms with E-state index in [1.54, 1.807) is 6.08 Å². The molecule has 0 saturated heterocycles. The Morgan fingerprint density at radius 3 is 2.60 bits per heavy atom. The van der Waals surface area contributed by atoms with Crippen LogP contribution in [0.3, 0.4) is 0 Å². The van der Waals surface area contributed by atoms with Gasteiger partial charge in [0.15, 0.2) is 0 Å². The van der Waals surface area contributed by atoms with Gasteiger partial charge in [-0.2, -0.15) is 4.99 Å². The van der Waals surface area contributed by atoms with E-state index in [9.17, 15) is 4.79 Å². The number of hydrogen-bond acceptors (Lipinski definition) is 2. The first kappa shape index (κ1) is 10.1. The van der Waals surface area contributed by atoms with Crippen molar-refractivity contribution in [2.45, 2.75) is 38.1 Å². The first-order chi connectivity index (χ1) is 7.15. The second-order valence-electron chi connectivity index (χ2n) is 4.62. The van der Waals surface area contributed by atoms with E-state index in [1.165, 1.54) is 18.4 Å². The van der Waals surface area contributed by atoms with Crippen LogP contribution in [0.5, 0.6) is 0 Å². The summed E-state index contributed by atoms with van der Waals surface area (Å²) in [6.07, 6.45) is 4.19. The van der Waals surface area contributed by atoms with Gasteiger partial charge in [0.2, 0.25) is 6.08 Å². The molecule has 15 heavy (non-hydrogen) atoms. The zero-order chi connectivity index (χ0) is 10.9. The molecule has 1 aromatic carbocycles. The molecule has 0 radical (unpaired) electrons. The van der Waals surface area contributed by atoms with E-state index in [0.717, 1.165) is 5.56 Å². The third-order valence-electron chi connectivity index (χ3n) is 2.96. The predicted octanol–water partition coefficient (Wildman–Crippen LogP) is 3.13. The van der Waals surface area contributed by atoms with Crippen LogP contribution in [0.4, 0.5) is 0 Å². The summed E-state index contributed by atoms with van der Waals surface area (Å²) in [5, 5.41) is 0. The molecule has 0 unspecified atom stereocenters. The lowest BCUT2D eigenvalue weighted by Crippen LogP contribution is -2.15. The minimum Gasteiger partial charge on any atom is -0.211 e. The summed E-state index contributed by atoms with van der Waals surface area (Å²) in [5.74, 6) is 0.683. The molecule has 78 valence electrons. The van der Waals surface area contributed by atoms with Crippen molar-refractivity contribution in [3.63, 3.8) is 0 Å². The van der Waals surface area contributed by atoms with Crippen molar-refractivity contribution in [1.82, 2.24) is 0 Å². The average molecular weight is 201 g/mol. The van der Waals surface area contributed by atoms with E-state index in [0.29, 0.717) is 5.92 Å². The number of hydrogen-bond donors (Lipinski definition) is 0. The van der Waals surface area contributed by atoms with Gasteiger partial charge in [0.25, 0.3) is 0 Å². The maximum atomic E-state index is 10.4. The zero-order valence-electron chi connectivity index (χ0n) is 9.16. The molecule has 1 aliphatic carbocycles. The summed E-state index contributed by atoms with van der Waals surface area (Å²) >= 11 is 0. The average Bonchev–Trinajstić information content (AvgIpc) is 3.01. The van der Waals surface area contributed by atoms with Gasteiger partial charge in [0.05, 0.1) is 5.54 Å². The largest absolute Gasteiger partial charge is 0.235 e. The van der Waals surface area contributed by atoms with E-state index in [4.69, 9.17) is 0 Å². The predicted molar refractivity (Wildman–Crippen MR) is 59.6 cm³/mol. The third-order valence-corrected chi connectivity index (χ3v) is 2.96. The Balaban J connectivity index is 2.46. The van der Waals surface area contributed by atoms with E-state index in [1.807, 2.05) is 19.9 Å². The Morgan fingerprint density at radius 2 is 2.00 bits per heavy atom. The molecular formula is C13H15NO. The Labute approximate surface area is 90.0 Å². The minimum absolute atomic E-state index is 0.444. The molecule has 0 N–H and O–H groups in total. The fraction of sp³-hybridized carbons (Fsp3) is 0.462. The van der Waals surface area contributed by atoms with Crippen LogP contribution >= 0.6 is 0 Å². The van der Waals surface area contributed by atoms with Crippen molar-refractivity contribution in [2.75, 3.05) is 0 Å². The zero-order valence-corrected chi connectivity index (χ0v) is 9.16. The molecule has 1 saturated carbocycles. The molecule has 0 heterocycles. The number of nitrogens with zero attached hydrogens (tertiary/aromatic N) is 1. The quantitative estimate of drug-likeness (QED) is 0.545. The Morgan fingerprint density at radius 1 is 1.33 bits per heavy atom. The maximum Gasteiger partial charge on any atom is 0.235 e. The second kappa shape index (κ2) is 3.63. The highest BCUT2D eigenvalue weighted by molar-refractivity contribution is 5.42. The van der Waals surface area contributed by atoms with Gasteiger partial charge in [-0.15, -0.1) is 0 Å². The molecule has 1 aliphatic rings. The van der Waals surface area contributed by atoms with Gasteiger partial charge in [-0.3, -0.25) is 0 Å². The van der Waals surface area contributed by atoms with Crippen LogP contribution in [0, 0.1) is 0 Å². The lowest BCUT2D eigenvalue weighted by molar-refractivity contribution is 0.519. The first-order valence-corrected chi connectivity index (χ1v) is 5.33. The summed E-state index contributed by atoms with van der Waals surface area (Å²) in [6, 6.07) is 8.27. The summed E-state index contributed by atoms with van der Waals surface area (Å²) in [6.45, 7) is 3.91. The summed E-state index contributed by atoms with van der Waals surface area (Å²) in [7, 11) is 0. The van der Waals surface area contributed by atoms with Crippen LogP contribution in [0.25, 0.3) is 0 Å². The molecule has 1 aromatic rings. The normalized spacial score (nSPS) is 15.9. The molecule has 0 atom stereocenters. The van der Waals surface area contributed by atoms with E-state index in [-0.39, 0.29) is 0 Å². The van der Waals surface area contributed by atoms with Gasteiger partial charge in [-0.1, -0.05) is 24.3 Å². The van der Waals surface area contributed by atoms with Gasteiger partial charge in [0.1, 0.15) is 0 Å². The number of aliphatic imine (C=N–C) groups is 1. The molecule has 0 aromatic heterocycles. The highest BCUT2D eigenvalue weighted by Gasteiger charge is 2.31. The second-order valence-corrected chi connectivity index (χ2v) is 4.62. The standard InChI is InChI=1S/C13H15NO/c1-13(2,14-9-15)12-6-4-3-5-11(12)10-7-8-10/h3-6,10H,7-8H2,1-2H3. The molecule has 2 rings (SSSR count). The van der Waals surface area contributed by atoms with E-state index < -0.39 is 5.54 Å². The number of carbonyl (C=O) groups excluding carboxylic acids is 1. The van der Waals surface area contributed by atoms with Gasteiger partial charge >= 0.3 is 0 Å². The van der Waals surface area contributed by atoms with E-state index >= 15 is 0 Å². The van der Waals surface area contributed by atoms with Crippen LogP contribution in [-0.4, -0.2) is 6.08 Å². The van der Waals surface area contributed by atoms with Crippen LogP contribution in [0.15, 0.2) is 29.3 Å². The molecule has 0 aliphatic heterocycles. The summed E-state index contributed by atoms with van der Waals surface area (Å²) in [4.78, 5) is 14.3. The molecule has 2 nitrogen and oxygen atoms in total. The SMILES string of the molecule is CC(C)(N=C=O)c1ccccc1C1CC1. The lowest BCUT2D eigenvalue weighted by atomic mass is 9.89. The van der Waals surface area contributed by atoms with Gasteiger partial charge < -0.3 is 0 Å². The fourth-order valence-corrected chi connectivity index (χ4v) is 1.98. The van der Waals surface area contributed by atoms with E-state index in [2.05, 4.69) is 23.2 Å². The van der Waals surface area contributed by atoms with Gasteiger partial charge in [-0.25, -0.2) is 4.79 Å². The molecule has 0 bridgehead atoms. The Hall–Kier alpha value is -1.40. The number of rotatable bonds is 3. The number of isocyanates is 1. The first-order valence-electron chi connectivity index (χ1n) is 5.33. The monoisotopic (exact) mass is 201 g/mol. The van der Waals surface area contributed by atoms with Gasteiger partial charge in [0, 0.05) is 0 Å². The van der Waals surface area contributed by atoms with Crippen molar-refractivity contribution >= 4 is 6.08 Å². The minimum atomic E-state index is -0.444. The summed E-state index contributed by atoms with van der Waals surface area (Å²) < 4.78 is 0. The smallest absolute Gasteiger partial charge is 0.211 e. The fourth-order valence-electron chi connectivity index (χ4n) is 1.98. The van der Waals surface area contributed by atoms with Crippen molar-refractivity contribution in [3.8, 4) is 0 Å². The summed E-state index contributed by atoms with van der Waals surface area (Å²) in [5.41, 5.74) is 2.07. The third kappa shape index (κ3) is 2.00. The molecule has 0 spiro atoms. The van der Waals surface area contributed by atoms with Crippen molar-refractivity contribution in [2.24, 2.45) is 4.99 Å². The van der Waals surface area contributed by atoms with Crippen molar-refractivity contribution in [1.29, 1.82) is 0 Å². The van der Waals surface area contributed by atoms with Crippen LogP contribution in [-0.2, 0) is 10.3 Å². The van der Waals surface area contributed by atoms with Crippen LogP contribution in [0.2, 0.25) is 0 Å². The molecule has 2 heteroatoms. The lowest BCUT2D eigenvalue weighted by Gasteiger charge is -2.21. The highest BCUT2D eigenvalue weighted by Crippen LogP contribution is 2.44. The van der Waals surface area contributed by atoms with Crippen molar-refractivity contribution < 1.29 is 4.79 Å². The van der Waals surface area contributed by atoms with Crippen molar-refractivity contribution in [3.05, 3.63) is 35.4 Å². The molecular weight excluding hydrogens is 186 g/mol.